The monoisotopic (exact) mass is 410 g/mol. The molecule has 0 unspecified atom stereocenters. The maximum absolute atomic E-state index is 12.8. The fourth-order valence-electron chi connectivity index (χ4n) is 3.41. The minimum Gasteiger partial charge on any atom is -0.483 e. The van der Waals surface area contributed by atoms with E-state index in [-0.39, 0.29) is 23.6 Å². The van der Waals surface area contributed by atoms with Crippen LogP contribution in [0.4, 0.5) is 5.69 Å². The van der Waals surface area contributed by atoms with Gasteiger partial charge in [-0.1, -0.05) is 31.0 Å². The highest BCUT2D eigenvalue weighted by atomic mass is 16.5. The molecule has 30 heavy (non-hydrogen) atoms. The molecule has 0 aromatic heterocycles. The molecule has 7 heteroatoms. The molecular formula is C23H26N2O5. The predicted octanol–water partition coefficient (Wildman–Crippen LogP) is 3.73. The number of nitrogens with zero attached hydrogens (tertiary/aromatic N) is 1. The number of para-hydroxylation sites is 1. The van der Waals surface area contributed by atoms with Gasteiger partial charge in [0.2, 0.25) is 0 Å². The summed E-state index contributed by atoms with van der Waals surface area (Å²) < 4.78 is 5.70. The van der Waals surface area contributed by atoms with Crippen LogP contribution in [0.5, 0.6) is 5.75 Å². The number of anilines is 1. The molecule has 7 nitrogen and oxygen atoms in total. The zero-order chi connectivity index (χ0) is 21.5. The number of benzene rings is 2. The van der Waals surface area contributed by atoms with E-state index in [4.69, 9.17) is 4.74 Å². The number of aromatic carboxylic acids is 1. The zero-order valence-electron chi connectivity index (χ0n) is 17.0. The molecule has 0 spiro atoms. The highest BCUT2D eigenvalue weighted by Gasteiger charge is 2.19. The molecule has 158 valence electrons. The average Bonchev–Trinajstić information content (AvgIpc) is 3.03. The van der Waals surface area contributed by atoms with Crippen molar-refractivity contribution in [1.29, 1.82) is 0 Å². The van der Waals surface area contributed by atoms with Crippen molar-refractivity contribution in [3.05, 3.63) is 59.2 Å². The molecule has 2 aromatic rings. The van der Waals surface area contributed by atoms with Crippen LogP contribution in [0.15, 0.2) is 42.5 Å². The van der Waals surface area contributed by atoms with Gasteiger partial charge in [-0.25, -0.2) is 4.79 Å². The van der Waals surface area contributed by atoms with Crippen LogP contribution in [0.1, 0.15) is 52.0 Å². The lowest BCUT2D eigenvalue weighted by atomic mass is 10.1. The largest absolute Gasteiger partial charge is 0.483 e. The molecular weight excluding hydrogens is 384 g/mol. The number of nitrogens with one attached hydrogen (secondary N) is 1. The summed E-state index contributed by atoms with van der Waals surface area (Å²) in [5.41, 5.74) is 1.52. The van der Waals surface area contributed by atoms with Gasteiger partial charge in [0.05, 0.1) is 11.1 Å². The van der Waals surface area contributed by atoms with E-state index in [9.17, 15) is 19.5 Å². The molecule has 1 saturated heterocycles. The Morgan fingerprint density at radius 3 is 2.43 bits per heavy atom. The summed E-state index contributed by atoms with van der Waals surface area (Å²) in [6, 6.07) is 11.2. The van der Waals surface area contributed by atoms with Crippen molar-refractivity contribution < 1.29 is 24.2 Å². The second-order valence-corrected chi connectivity index (χ2v) is 7.37. The molecule has 2 N–H and O–H groups in total. The Kier molecular flexibility index (Phi) is 7.06. The molecule has 0 atom stereocenters. The van der Waals surface area contributed by atoms with Crippen molar-refractivity contribution >= 4 is 23.5 Å². The van der Waals surface area contributed by atoms with Gasteiger partial charge in [0, 0.05) is 18.8 Å². The lowest BCUT2D eigenvalue weighted by Gasteiger charge is -2.20. The summed E-state index contributed by atoms with van der Waals surface area (Å²) in [7, 11) is 0. The fourth-order valence-corrected chi connectivity index (χ4v) is 3.41. The van der Waals surface area contributed by atoms with Crippen LogP contribution in [0.2, 0.25) is 0 Å². The number of ether oxygens (including phenoxy) is 1. The predicted molar refractivity (Wildman–Crippen MR) is 113 cm³/mol. The van der Waals surface area contributed by atoms with E-state index in [1.54, 1.807) is 37.3 Å². The van der Waals surface area contributed by atoms with Crippen molar-refractivity contribution in [3.8, 4) is 5.75 Å². The van der Waals surface area contributed by atoms with Crippen LogP contribution in [0.25, 0.3) is 0 Å². The molecule has 1 heterocycles. The number of amides is 2. The molecule has 1 aliphatic rings. The zero-order valence-corrected chi connectivity index (χ0v) is 17.0. The quantitative estimate of drug-likeness (QED) is 0.757. The smallest absolute Gasteiger partial charge is 0.335 e. The Morgan fingerprint density at radius 1 is 1.03 bits per heavy atom. The molecule has 0 aliphatic carbocycles. The number of hydrogen-bond donors (Lipinski definition) is 2. The first-order chi connectivity index (χ1) is 14.5. The molecule has 0 saturated carbocycles. The van der Waals surface area contributed by atoms with E-state index in [1.165, 1.54) is 12.1 Å². The normalized spacial score (nSPS) is 14.0. The van der Waals surface area contributed by atoms with E-state index < -0.39 is 11.9 Å². The first kappa shape index (κ1) is 21.4. The lowest BCUT2D eigenvalue weighted by molar-refractivity contribution is -0.133. The van der Waals surface area contributed by atoms with Crippen molar-refractivity contribution in [3.63, 3.8) is 0 Å². The van der Waals surface area contributed by atoms with Gasteiger partial charge in [0.1, 0.15) is 5.75 Å². The van der Waals surface area contributed by atoms with E-state index in [0.29, 0.717) is 11.4 Å². The maximum Gasteiger partial charge on any atom is 0.335 e. The average molecular weight is 410 g/mol. The number of carboxylic acids is 1. The van der Waals surface area contributed by atoms with Crippen LogP contribution >= 0.6 is 0 Å². The van der Waals surface area contributed by atoms with Crippen LogP contribution in [-0.2, 0) is 4.79 Å². The van der Waals surface area contributed by atoms with Crippen molar-refractivity contribution in [2.45, 2.75) is 32.6 Å². The summed E-state index contributed by atoms with van der Waals surface area (Å²) in [4.78, 5) is 38.3. The molecule has 2 aromatic carbocycles. The number of likely N-dealkylation sites (tertiary alicyclic amines) is 1. The van der Waals surface area contributed by atoms with E-state index in [0.717, 1.165) is 44.3 Å². The van der Waals surface area contributed by atoms with E-state index >= 15 is 0 Å². The minimum absolute atomic E-state index is 0.0860. The van der Waals surface area contributed by atoms with Crippen molar-refractivity contribution in [2.75, 3.05) is 25.0 Å². The number of carbonyl (C=O) groups excluding carboxylic acids is 2. The van der Waals surface area contributed by atoms with Gasteiger partial charge in [-0.2, -0.15) is 0 Å². The Labute approximate surface area is 175 Å². The second kappa shape index (κ2) is 9.91. The summed E-state index contributed by atoms with van der Waals surface area (Å²) in [6.45, 7) is 3.13. The summed E-state index contributed by atoms with van der Waals surface area (Å²) in [5, 5.41) is 11.9. The van der Waals surface area contributed by atoms with Crippen molar-refractivity contribution in [1.82, 2.24) is 4.90 Å². The Hall–Kier alpha value is -3.35. The van der Waals surface area contributed by atoms with Gasteiger partial charge >= 0.3 is 5.97 Å². The Morgan fingerprint density at radius 2 is 1.73 bits per heavy atom. The fraction of sp³-hybridized carbons (Fsp3) is 0.348. The van der Waals surface area contributed by atoms with Gasteiger partial charge in [-0.3, -0.25) is 9.59 Å². The van der Waals surface area contributed by atoms with E-state index in [2.05, 4.69) is 5.32 Å². The second-order valence-electron chi connectivity index (χ2n) is 7.37. The number of rotatable bonds is 6. The third-order valence-electron chi connectivity index (χ3n) is 5.17. The van der Waals surface area contributed by atoms with E-state index in [1.807, 2.05) is 4.90 Å². The molecule has 0 radical (unpaired) electrons. The highest BCUT2D eigenvalue weighted by molar-refractivity contribution is 6.07. The van der Waals surface area contributed by atoms with Gasteiger partial charge in [0.25, 0.3) is 11.8 Å². The standard InChI is InChI=1S/C23H26N2O5/c1-16-10-11-17(23(28)29)14-19(16)24-22(27)18-8-4-5-9-20(18)30-15-21(26)25-12-6-2-3-7-13-25/h4-5,8-11,14H,2-3,6-7,12-13,15H2,1H3,(H,24,27)(H,28,29). The number of carbonyl (C=O) groups is 3. The van der Waals surface area contributed by atoms with Gasteiger partial charge in [0.15, 0.2) is 6.61 Å². The number of hydrogen-bond acceptors (Lipinski definition) is 4. The van der Waals surface area contributed by atoms with Gasteiger partial charge < -0.3 is 20.1 Å². The van der Waals surface area contributed by atoms with Gasteiger partial charge in [-0.15, -0.1) is 0 Å². The van der Waals surface area contributed by atoms with Crippen LogP contribution in [-0.4, -0.2) is 47.5 Å². The van der Waals surface area contributed by atoms with Gasteiger partial charge in [-0.05, 0) is 49.6 Å². The topological polar surface area (TPSA) is 95.9 Å². The molecule has 1 aliphatic heterocycles. The maximum atomic E-state index is 12.8. The van der Waals surface area contributed by atoms with Crippen LogP contribution < -0.4 is 10.1 Å². The summed E-state index contributed by atoms with van der Waals surface area (Å²) >= 11 is 0. The molecule has 0 bridgehead atoms. The summed E-state index contributed by atoms with van der Waals surface area (Å²) in [5.74, 6) is -1.28. The first-order valence-corrected chi connectivity index (χ1v) is 10.1. The number of aryl methyl sites for hydroxylation is 1. The molecule has 3 rings (SSSR count). The first-order valence-electron chi connectivity index (χ1n) is 10.1. The SMILES string of the molecule is Cc1ccc(C(=O)O)cc1NC(=O)c1ccccc1OCC(=O)N1CCCCCC1. The van der Waals surface area contributed by atoms with Crippen molar-refractivity contribution in [2.24, 2.45) is 0 Å². The lowest BCUT2D eigenvalue weighted by Crippen LogP contribution is -2.35. The number of carboxylic acid groups (broad SMARTS) is 1. The Bertz CT molecular complexity index is 933. The molecule has 1 fully saturated rings. The van der Waals surface area contributed by atoms with Crippen LogP contribution in [0.3, 0.4) is 0 Å². The minimum atomic E-state index is -1.07. The third kappa shape index (κ3) is 5.37. The highest BCUT2D eigenvalue weighted by Crippen LogP contribution is 2.22. The molecule has 2 amide bonds. The third-order valence-corrected chi connectivity index (χ3v) is 5.17. The summed E-state index contributed by atoms with van der Waals surface area (Å²) in [6.07, 6.45) is 4.27. The Balaban J connectivity index is 1.70. The van der Waals surface area contributed by atoms with Crippen LogP contribution in [0, 0.1) is 6.92 Å².